The minimum atomic E-state index is 0.298. The van der Waals surface area contributed by atoms with E-state index in [1.807, 2.05) is 18.2 Å². The molecule has 0 unspecified atom stereocenters. The first kappa shape index (κ1) is 14.5. The summed E-state index contributed by atoms with van der Waals surface area (Å²) in [7, 11) is 0. The number of hydrogen-bond donors (Lipinski definition) is 3. The molecule has 0 amide bonds. The Morgan fingerprint density at radius 1 is 1.27 bits per heavy atom. The molecule has 1 aliphatic heterocycles. The van der Waals surface area contributed by atoms with E-state index in [4.69, 9.17) is 10.5 Å². The minimum absolute atomic E-state index is 0.298. The quantitative estimate of drug-likeness (QED) is 0.695. The minimum Gasteiger partial charge on any atom is -0.382 e. The van der Waals surface area contributed by atoms with Gasteiger partial charge in [0, 0.05) is 44.1 Å². The van der Waals surface area contributed by atoms with E-state index in [2.05, 4.69) is 25.6 Å². The number of nitrogens with two attached hydrogens (primary N) is 1. The summed E-state index contributed by atoms with van der Waals surface area (Å²) in [6, 6.07) is 5.84. The Kier molecular flexibility index (Phi) is 4.65. The van der Waals surface area contributed by atoms with Crippen molar-refractivity contribution < 1.29 is 4.74 Å². The van der Waals surface area contributed by atoms with E-state index < -0.39 is 0 Å². The van der Waals surface area contributed by atoms with Crippen molar-refractivity contribution in [1.82, 2.24) is 15.0 Å². The first-order valence-corrected chi connectivity index (χ1v) is 7.41. The average Bonchev–Trinajstić information content (AvgIpc) is 3.07. The highest BCUT2D eigenvalue weighted by Gasteiger charge is 2.20. The van der Waals surface area contributed by atoms with Crippen LogP contribution in [0.4, 0.5) is 17.5 Å². The molecule has 0 aromatic carbocycles. The van der Waals surface area contributed by atoms with Gasteiger partial charge in [-0.2, -0.15) is 4.98 Å². The molecule has 0 radical (unpaired) electrons. The Morgan fingerprint density at radius 2 is 2.18 bits per heavy atom. The van der Waals surface area contributed by atoms with Crippen LogP contribution in [0.3, 0.4) is 0 Å². The highest BCUT2D eigenvalue weighted by Crippen LogP contribution is 2.25. The van der Waals surface area contributed by atoms with E-state index >= 15 is 0 Å². The maximum absolute atomic E-state index is 5.80. The molecule has 1 saturated heterocycles. The van der Waals surface area contributed by atoms with Gasteiger partial charge >= 0.3 is 0 Å². The van der Waals surface area contributed by atoms with Gasteiger partial charge in [-0.25, -0.2) is 4.98 Å². The topological polar surface area (TPSA) is 98.0 Å². The number of hydrogen-bond acceptors (Lipinski definition) is 7. The molecule has 0 aliphatic carbocycles. The van der Waals surface area contributed by atoms with Gasteiger partial charge in [0.05, 0.1) is 18.0 Å². The van der Waals surface area contributed by atoms with Gasteiger partial charge in [0.2, 0.25) is 5.95 Å². The van der Waals surface area contributed by atoms with Crippen LogP contribution in [0.2, 0.25) is 0 Å². The van der Waals surface area contributed by atoms with Gasteiger partial charge in [-0.15, -0.1) is 0 Å². The second kappa shape index (κ2) is 7.04. The summed E-state index contributed by atoms with van der Waals surface area (Å²) in [4.78, 5) is 12.6. The number of ether oxygens (including phenoxy) is 1. The number of anilines is 3. The Bertz CT molecular complexity index is 600. The Morgan fingerprint density at radius 3 is 2.95 bits per heavy atom. The van der Waals surface area contributed by atoms with E-state index in [0.717, 1.165) is 43.3 Å². The van der Waals surface area contributed by atoms with Crippen LogP contribution in [-0.4, -0.2) is 41.3 Å². The number of nitrogens with zero attached hydrogens (tertiary/aromatic N) is 3. The molecule has 4 N–H and O–H groups in total. The number of aromatic nitrogens is 3. The van der Waals surface area contributed by atoms with E-state index in [9.17, 15) is 0 Å². The second-order valence-electron chi connectivity index (χ2n) is 5.19. The van der Waals surface area contributed by atoms with Gasteiger partial charge in [-0.3, -0.25) is 4.98 Å². The molecule has 116 valence electrons. The lowest BCUT2D eigenvalue weighted by molar-refractivity contribution is 0.193. The molecular formula is C15H20N6O. The van der Waals surface area contributed by atoms with Crippen molar-refractivity contribution in [3.8, 4) is 0 Å². The lowest BCUT2D eigenvalue weighted by Crippen LogP contribution is -2.16. The molecule has 22 heavy (non-hydrogen) atoms. The zero-order valence-electron chi connectivity index (χ0n) is 12.3. The number of pyridine rings is 1. The monoisotopic (exact) mass is 300 g/mol. The fraction of sp³-hybridized carbons (Fsp3) is 0.400. The summed E-state index contributed by atoms with van der Waals surface area (Å²) < 4.78 is 5.40. The summed E-state index contributed by atoms with van der Waals surface area (Å²) in [5.41, 5.74) is 7.74. The third-order valence-electron chi connectivity index (χ3n) is 3.53. The Labute approximate surface area is 129 Å². The zero-order chi connectivity index (χ0) is 15.2. The van der Waals surface area contributed by atoms with Gasteiger partial charge in [-0.05, 0) is 18.6 Å². The molecule has 1 fully saturated rings. The predicted octanol–water partition coefficient (Wildman–Crippen LogP) is 1.48. The number of nitrogen functional groups attached to an aromatic ring is 1. The van der Waals surface area contributed by atoms with Crippen molar-refractivity contribution in [3.63, 3.8) is 0 Å². The normalized spacial score (nSPS) is 17.4. The van der Waals surface area contributed by atoms with E-state index in [-0.39, 0.29) is 0 Å². The van der Waals surface area contributed by atoms with Crippen molar-refractivity contribution in [1.29, 1.82) is 0 Å². The molecule has 1 atom stereocenters. The highest BCUT2D eigenvalue weighted by molar-refractivity contribution is 5.43. The molecule has 3 heterocycles. The van der Waals surface area contributed by atoms with E-state index in [1.165, 1.54) is 0 Å². The van der Waals surface area contributed by atoms with Crippen LogP contribution in [0.25, 0.3) is 0 Å². The molecule has 0 saturated carbocycles. The molecule has 3 rings (SSSR count). The van der Waals surface area contributed by atoms with Crippen molar-refractivity contribution in [2.24, 2.45) is 0 Å². The molecule has 7 nitrogen and oxygen atoms in total. The Balaban J connectivity index is 1.53. The summed E-state index contributed by atoms with van der Waals surface area (Å²) >= 11 is 0. The fourth-order valence-electron chi connectivity index (χ4n) is 2.42. The van der Waals surface area contributed by atoms with Crippen LogP contribution < -0.4 is 16.4 Å². The summed E-state index contributed by atoms with van der Waals surface area (Å²) in [5.74, 6) is 1.37. The van der Waals surface area contributed by atoms with Crippen LogP contribution in [0.5, 0.6) is 0 Å². The fourth-order valence-corrected chi connectivity index (χ4v) is 2.42. The highest BCUT2D eigenvalue weighted by atomic mass is 16.5. The first-order chi connectivity index (χ1) is 10.8. The number of rotatable bonds is 6. The van der Waals surface area contributed by atoms with Gasteiger partial charge in [0.15, 0.2) is 0 Å². The zero-order valence-corrected chi connectivity index (χ0v) is 12.3. The van der Waals surface area contributed by atoms with Crippen LogP contribution in [0.1, 0.15) is 18.0 Å². The molecule has 7 heteroatoms. The SMILES string of the molecule is Nc1nc(NCCNc2cccnc2)cc([C@H]2CCOC2)n1. The summed E-state index contributed by atoms with van der Waals surface area (Å²) in [6.07, 6.45) is 4.53. The predicted molar refractivity (Wildman–Crippen MR) is 85.8 cm³/mol. The lowest BCUT2D eigenvalue weighted by atomic mass is 10.0. The summed E-state index contributed by atoms with van der Waals surface area (Å²) in [5, 5.41) is 6.54. The lowest BCUT2D eigenvalue weighted by Gasteiger charge is -2.12. The summed E-state index contributed by atoms with van der Waals surface area (Å²) in [6.45, 7) is 2.98. The van der Waals surface area contributed by atoms with Gasteiger partial charge in [0.1, 0.15) is 5.82 Å². The second-order valence-corrected chi connectivity index (χ2v) is 5.19. The largest absolute Gasteiger partial charge is 0.382 e. The van der Waals surface area contributed by atoms with Crippen molar-refractivity contribution >= 4 is 17.5 Å². The average molecular weight is 300 g/mol. The molecule has 1 aliphatic rings. The van der Waals surface area contributed by atoms with Crippen molar-refractivity contribution in [2.75, 3.05) is 42.7 Å². The maximum atomic E-state index is 5.80. The standard InChI is InChI=1S/C15H20N6O/c16-15-20-13(11-3-7-22-10-11)8-14(21-15)19-6-5-18-12-2-1-4-17-9-12/h1-2,4,8-9,11,18H,3,5-7,10H2,(H3,16,19,20,21)/t11-/m0/s1. The molecular weight excluding hydrogens is 280 g/mol. The third kappa shape index (κ3) is 3.82. The van der Waals surface area contributed by atoms with Gasteiger partial charge < -0.3 is 21.1 Å². The maximum Gasteiger partial charge on any atom is 0.222 e. The van der Waals surface area contributed by atoms with Crippen LogP contribution in [0, 0.1) is 0 Å². The van der Waals surface area contributed by atoms with Crippen LogP contribution in [-0.2, 0) is 4.74 Å². The van der Waals surface area contributed by atoms with Gasteiger partial charge in [0.25, 0.3) is 0 Å². The molecule has 2 aromatic heterocycles. The third-order valence-corrected chi connectivity index (χ3v) is 3.53. The van der Waals surface area contributed by atoms with Gasteiger partial charge in [-0.1, -0.05) is 0 Å². The molecule has 0 bridgehead atoms. The van der Waals surface area contributed by atoms with Crippen LogP contribution in [0.15, 0.2) is 30.6 Å². The smallest absolute Gasteiger partial charge is 0.222 e. The molecule has 0 spiro atoms. The number of nitrogens with one attached hydrogen (secondary N) is 2. The van der Waals surface area contributed by atoms with Crippen LogP contribution >= 0.6 is 0 Å². The van der Waals surface area contributed by atoms with Crippen molar-refractivity contribution in [3.05, 3.63) is 36.3 Å². The molecule has 2 aromatic rings. The first-order valence-electron chi connectivity index (χ1n) is 7.41. The van der Waals surface area contributed by atoms with Crippen molar-refractivity contribution in [2.45, 2.75) is 12.3 Å². The van der Waals surface area contributed by atoms with E-state index in [1.54, 1.807) is 12.4 Å². The van der Waals surface area contributed by atoms with E-state index in [0.29, 0.717) is 18.5 Å². The Hall–Kier alpha value is -2.41.